The molecule has 0 saturated heterocycles. The van der Waals surface area contributed by atoms with Gasteiger partial charge >= 0.3 is 5.97 Å². The van der Waals surface area contributed by atoms with Crippen LogP contribution in [0.15, 0.2) is 0 Å². The quantitative estimate of drug-likeness (QED) is 0.685. The second-order valence-corrected chi connectivity index (χ2v) is 4.87. The van der Waals surface area contributed by atoms with Gasteiger partial charge in [0.1, 0.15) is 0 Å². The van der Waals surface area contributed by atoms with Gasteiger partial charge in [0.2, 0.25) is 5.91 Å². The lowest BCUT2D eigenvalue weighted by atomic mass is 10.2. The van der Waals surface area contributed by atoms with E-state index in [0.29, 0.717) is 11.5 Å². The van der Waals surface area contributed by atoms with Crippen LogP contribution in [-0.2, 0) is 9.59 Å². The van der Waals surface area contributed by atoms with Gasteiger partial charge in [-0.05, 0) is 12.8 Å². The maximum atomic E-state index is 11.4. The maximum absolute atomic E-state index is 11.4. The highest BCUT2D eigenvalue weighted by molar-refractivity contribution is 7.99. The van der Waals surface area contributed by atoms with Gasteiger partial charge in [-0.1, -0.05) is 20.8 Å². The number of rotatable bonds is 8. The molecule has 0 rings (SSSR count). The summed E-state index contributed by atoms with van der Waals surface area (Å²) in [7, 11) is 0. The van der Waals surface area contributed by atoms with Crippen LogP contribution in [0.1, 0.15) is 33.6 Å². The normalized spacial score (nSPS) is 12.5. The molecule has 94 valence electrons. The van der Waals surface area contributed by atoms with E-state index in [1.54, 1.807) is 6.92 Å². The average Bonchev–Trinajstić information content (AvgIpc) is 2.25. The molecule has 0 heterocycles. The lowest BCUT2D eigenvalue weighted by molar-refractivity contribution is -0.140. The molecule has 0 aromatic rings. The van der Waals surface area contributed by atoms with E-state index in [4.69, 9.17) is 5.11 Å². The number of carbonyl (C=O) groups excluding carboxylic acids is 1. The van der Waals surface area contributed by atoms with Gasteiger partial charge in [-0.25, -0.2) is 0 Å². The molecule has 0 bridgehead atoms. The summed E-state index contributed by atoms with van der Waals surface area (Å²) in [4.78, 5) is 22.0. The molecule has 4 nitrogen and oxygen atoms in total. The highest BCUT2D eigenvalue weighted by Crippen LogP contribution is 2.08. The Morgan fingerprint density at radius 3 is 2.31 bits per heavy atom. The van der Waals surface area contributed by atoms with Gasteiger partial charge in [-0.15, -0.1) is 0 Å². The molecule has 0 aliphatic rings. The third kappa shape index (κ3) is 6.71. The SMILES string of the molecule is CCC(CC)NC(=O)CSCC(C)C(=O)O. The number of nitrogens with one attached hydrogen (secondary N) is 1. The van der Waals surface area contributed by atoms with Crippen molar-refractivity contribution < 1.29 is 14.7 Å². The second kappa shape index (κ2) is 8.44. The summed E-state index contributed by atoms with van der Waals surface area (Å²) < 4.78 is 0. The molecule has 0 saturated carbocycles. The van der Waals surface area contributed by atoms with Gasteiger partial charge in [0.05, 0.1) is 11.7 Å². The Balaban J connectivity index is 3.69. The number of carboxylic acids is 1. The fraction of sp³-hybridized carbons (Fsp3) is 0.818. The summed E-state index contributed by atoms with van der Waals surface area (Å²) in [5.74, 6) is -0.394. The topological polar surface area (TPSA) is 66.4 Å². The summed E-state index contributed by atoms with van der Waals surface area (Å²) in [5.41, 5.74) is 0. The van der Waals surface area contributed by atoms with Crippen molar-refractivity contribution in [3.05, 3.63) is 0 Å². The van der Waals surface area contributed by atoms with Gasteiger partial charge in [0.25, 0.3) is 0 Å². The molecule has 1 unspecified atom stereocenters. The number of carboxylic acid groups (broad SMARTS) is 1. The minimum Gasteiger partial charge on any atom is -0.481 e. The van der Waals surface area contributed by atoms with Crippen LogP contribution in [0.3, 0.4) is 0 Å². The highest BCUT2D eigenvalue weighted by atomic mass is 32.2. The minimum atomic E-state index is -0.812. The van der Waals surface area contributed by atoms with Gasteiger partial charge in [-0.2, -0.15) is 11.8 Å². The molecule has 16 heavy (non-hydrogen) atoms. The smallest absolute Gasteiger partial charge is 0.307 e. The Kier molecular flexibility index (Phi) is 8.07. The van der Waals surface area contributed by atoms with Crippen LogP contribution in [0.2, 0.25) is 0 Å². The third-order valence-electron chi connectivity index (χ3n) is 2.37. The number of hydrogen-bond donors (Lipinski definition) is 2. The monoisotopic (exact) mass is 247 g/mol. The van der Waals surface area contributed by atoms with Crippen LogP contribution in [0, 0.1) is 5.92 Å². The predicted molar refractivity (Wildman–Crippen MR) is 66.6 cm³/mol. The summed E-state index contributed by atoms with van der Waals surface area (Å²) in [6.07, 6.45) is 1.86. The molecule has 0 spiro atoms. The Labute approximate surface area is 101 Å². The first-order chi connectivity index (χ1) is 7.51. The van der Waals surface area contributed by atoms with E-state index in [0.717, 1.165) is 12.8 Å². The molecular formula is C11H21NO3S. The van der Waals surface area contributed by atoms with Gasteiger partial charge in [0.15, 0.2) is 0 Å². The second-order valence-electron chi connectivity index (χ2n) is 3.84. The summed E-state index contributed by atoms with van der Waals surface area (Å²) in [6.45, 7) is 5.72. The minimum absolute atomic E-state index is 0.00344. The van der Waals surface area contributed by atoms with E-state index in [9.17, 15) is 9.59 Å². The molecule has 2 N–H and O–H groups in total. The van der Waals surface area contributed by atoms with Crippen LogP contribution in [-0.4, -0.2) is 34.5 Å². The van der Waals surface area contributed by atoms with E-state index >= 15 is 0 Å². The van der Waals surface area contributed by atoms with Gasteiger partial charge in [-0.3, -0.25) is 9.59 Å². The summed E-state index contributed by atoms with van der Waals surface area (Å²) >= 11 is 1.37. The van der Waals surface area contributed by atoms with E-state index < -0.39 is 11.9 Å². The third-order valence-corrected chi connectivity index (χ3v) is 3.58. The zero-order valence-electron chi connectivity index (χ0n) is 10.2. The van der Waals surface area contributed by atoms with E-state index in [-0.39, 0.29) is 11.9 Å². The number of thioether (sulfide) groups is 1. The standard InChI is InChI=1S/C11H21NO3S/c1-4-9(5-2)12-10(13)7-16-6-8(3)11(14)15/h8-9H,4-7H2,1-3H3,(H,12,13)(H,14,15). The first-order valence-corrected chi connectivity index (χ1v) is 6.76. The fourth-order valence-electron chi connectivity index (χ4n) is 1.16. The first kappa shape index (κ1) is 15.3. The van der Waals surface area contributed by atoms with Crippen LogP contribution < -0.4 is 5.32 Å². The van der Waals surface area contributed by atoms with Crippen molar-refractivity contribution in [2.75, 3.05) is 11.5 Å². The lowest BCUT2D eigenvalue weighted by Crippen LogP contribution is -2.35. The number of hydrogen-bond acceptors (Lipinski definition) is 3. The lowest BCUT2D eigenvalue weighted by Gasteiger charge is -2.14. The molecule has 1 atom stereocenters. The van der Waals surface area contributed by atoms with Crippen molar-refractivity contribution in [2.45, 2.75) is 39.7 Å². The molecular weight excluding hydrogens is 226 g/mol. The largest absolute Gasteiger partial charge is 0.481 e. The molecule has 5 heteroatoms. The number of aliphatic carboxylic acids is 1. The summed E-state index contributed by atoms with van der Waals surface area (Å²) in [5, 5.41) is 11.6. The molecule has 0 aliphatic heterocycles. The number of carbonyl (C=O) groups is 2. The predicted octanol–water partition coefficient (Wildman–Crippen LogP) is 1.75. The molecule has 0 radical (unpaired) electrons. The van der Waals surface area contributed by atoms with E-state index in [1.165, 1.54) is 11.8 Å². The van der Waals surface area contributed by atoms with Crippen molar-refractivity contribution in [3.63, 3.8) is 0 Å². The van der Waals surface area contributed by atoms with Crippen molar-refractivity contribution in [2.24, 2.45) is 5.92 Å². The molecule has 0 aromatic carbocycles. The van der Waals surface area contributed by atoms with Gasteiger partial charge < -0.3 is 10.4 Å². The van der Waals surface area contributed by atoms with Crippen LogP contribution >= 0.6 is 11.8 Å². The Morgan fingerprint density at radius 1 is 1.31 bits per heavy atom. The van der Waals surface area contributed by atoms with Crippen LogP contribution in [0.5, 0.6) is 0 Å². The molecule has 0 aromatic heterocycles. The molecule has 1 amide bonds. The van der Waals surface area contributed by atoms with Crippen molar-refractivity contribution >= 4 is 23.6 Å². The molecule has 0 fully saturated rings. The fourth-order valence-corrected chi connectivity index (χ4v) is 2.04. The van der Waals surface area contributed by atoms with E-state index in [2.05, 4.69) is 5.32 Å². The van der Waals surface area contributed by atoms with E-state index in [1.807, 2.05) is 13.8 Å². The Hall–Kier alpha value is -0.710. The summed E-state index contributed by atoms with van der Waals surface area (Å²) in [6, 6.07) is 0.241. The van der Waals surface area contributed by atoms with Crippen molar-refractivity contribution in [1.29, 1.82) is 0 Å². The number of amides is 1. The first-order valence-electron chi connectivity index (χ1n) is 5.61. The Bertz CT molecular complexity index is 229. The van der Waals surface area contributed by atoms with Crippen molar-refractivity contribution in [1.82, 2.24) is 5.32 Å². The highest BCUT2D eigenvalue weighted by Gasteiger charge is 2.12. The molecule has 0 aliphatic carbocycles. The zero-order chi connectivity index (χ0) is 12.6. The van der Waals surface area contributed by atoms with Crippen LogP contribution in [0.25, 0.3) is 0 Å². The average molecular weight is 247 g/mol. The zero-order valence-corrected chi connectivity index (χ0v) is 11.0. The van der Waals surface area contributed by atoms with Crippen LogP contribution in [0.4, 0.5) is 0 Å². The Morgan fingerprint density at radius 2 is 1.88 bits per heavy atom. The van der Waals surface area contributed by atoms with Crippen molar-refractivity contribution in [3.8, 4) is 0 Å². The van der Waals surface area contributed by atoms with Gasteiger partial charge in [0, 0.05) is 11.8 Å². The maximum Gasteiger partial charge on any atom is 0.307 e.